The van der Waals surface area contributed by atoms with Crippen LogP contribution in [0.2, 0.25) is 0 Å². The number of carbonyl (C=O) groups is 2. The summed E-state index contributed by atoms with van der Waals surface area (Å²) in [6.07, 6.45) is -1.07. The van der Waals surface area contributed by atoms with Gasteiger partial charge in [0.1, 0.15) is 17.8 Å². The summed E-state index contributed by atoms with van der Waals surface area (Å²) in [4.78, 5) is 34.3. The molecule has 9 heteroatoms. The molecule has 0 unspecified atom stereocenters. The highest BCUT2D eigenvalue weighted by Gasteiger charge is 2.61. The fraction of sp³-hybridized carbons (Fsp3) is 0.231. The fourth-order valence-electron chi connectivity index (χ4n) is 4.73. The zero-order valence-electron chi connectivity index (χ0n) is 19.3. The van der Waals surface area contributed by atoms with Crippen molar-refractivity contribution in [2.45, 2.75) is 12.1 Å². The van der Waals surface area contributed by atoms with Crippen LogP contribution < -0.4 is 24.2 Å². The van der Waals surface area contributed by atoms with E-state index in [0.29, 0.717) is 28.5 Å². The molecule has 2 fully saturated rings. The molecular formula is C26H23FN2O6. The Labute approximate surface area is 201 Å². The Morgan fingerprint density at radius 1 is 0.771 bits per heavy atom. The van der Waals surface area contributed by atoms with Gasteiger partial charge < -0.3 is 14.2 Å². The zero-order chi connectivity index (χ0) is 24.7. The van der Waals surface area contributed by atoms with Crippen LogP contribution in [0.3, 0.4) is 0 Å². The number of hydrogen-bond donors (Lipinski definition) is 0. The Kier molecular flexibility index (Phi) is 5.78. The number of anilines is 2. The zero-order valence-corrected chi connectivity index (χ0v) is 19.3. The Bertz CT molecular complexity index is 1270. The summed E-state index contributed by atoms with van der Waals surface area (Å²) in [7, 11) is 4.50. The van der Waals surface area contributed by atoms with E-state index in [-0.39, 0.29) is 5.69 Å². The predicted octanol–water partition coefficient (Wildman–Crippen LogP) is 3.90. The molecule has 0 saturated carbocycles. The first-order valence-electron chi connectivity index (χ1n) is 10.9. The van der Waals surface area contributed by atoms with Crippen LogP contribution in [0, 0.1) is 11.7 Å². The third-order valence-electron chi connectivity index (χ3n) is 6.26. The number of methoxy groups -OCH3 is 3. The largest absolute Gasteiger partial charge is 0.493 e. The predicted molar refractivity (Wildman–Crippen MR) is 125 cm³/mol. The standard InChI is InChI=1S/C26H23FN2O6/c1-32-19-14-13-18(22(33-2)23(19)34-3)21-20-24(35-29(21)17-7-5-4-6-8-17)26(31)28(25(20)30)16-11-9-15(27)10-12-16/h4-14,20-21,24H,1-3H3/t20-,21-,24-/m0/s1. The summed E-state index contributed by atoms with van der Waals surface area (Å²) in [5.41, 5.74) is 1.53. The first kappa shape index (κ1) is 22.7. The molecule has 8 nitrogen and oxygen atoms in total. The molecule has 3 atom stereocenters. The molecule has 0 aliphatic carbocycles. The molecule has 0 bridgehead atoms. The highest BCUT2D eigenvalue weighted by molar-refractivity contribution is 6.24. The number of fused-ring (bicyclic) bond motifs is 1. The quantitative estimate of drug-likeness (QED) is 0.498. The van der Waals surface area contributed by atoms with E-state index in [0.717, 1.165) is 4.90 Å². The lowest BCUT2D eigenvalue weighted by atomic mass is 9.89. The van der Waals surface area contributed by atoms with Crippen molar-refractivity contribution in [3.63, 3.8) is 0 Å². The third kappa shape index (κ3) is 3.55. The number of hydroxylamine groups is 1. The number of amides is 2. The molecule has 2 amide bonds. The number of nitrogens with zero attached hydrogens (tertiary/aromatic N) is 2. The van der Waals surface area contributed by atoms with E-state index in [1.165, 1.54) is 45.6 Å². The molecule has 5 rings (SSSR count). The number of rotatable bonds is 6. The molecule has 2 aliphatic heterocycles. The van der Waals surface area contributed by atoms with Crippen LogP contribution in [0.5, 0.6) is 17.2 Å². The van der Waals surface area contributed by atoms with Crippen molar-refractivity contribution in [3.05, 3.63) is 78.1 Å². The van der Waals surface area contributed by atoms with Gasteiger partial charge in [-0.15, -0.1) is 0 Å². The lowest BCUT2D eigenvalue weighted by Crippen LogP contribution is -2.37. The van der Waals surface area contributed by atoms with E-state index in [4.69, 9.17) is 19.0 Å². The SMILES string of the molecule is COc1ccc([C@H]2[C@@H]3C(=O)N(c4ccc(F)cc4)C(=O)[C@H]3ON2c2ccccc2)c(OC)c1OC. The van der Waals surface area contributed by atoms with Crippen molar-refractivity contribution in [2.75, 3.05) is 31.3 Å². The van der Waals surface area contributed by atoms with Crippen molar-refractivity contribution >= 4 is 23.2 Å². The van der Waals surface area contributed by atoms with Crippen molar-refractivity contribution in [2.24, 2.45) is 5.92 Å². The first-order valence-corrected chi connectivity index (χ1v) is 10.9. The summed E-state index contributed by atoms with van der Waals surface area (Å²) >= 11 is 0. The average Bonchev–Trinajstić information content (AvgIpc) is 3.39. The lowest BCUT2D eigenvalue weighted by Gasteiger charge is -2.30. The molecule has 2 aliphatic rings. The molecule has 2 saturated heterocycles. The maximum atomic E-state index is 13.7. The van der Waals surface area contributed by atoms with Gasteiger partial charge in [0.25, 0.3) is 5.91 Å². The normalized spacial score (nSPS) is 21.3. The van der Waals surface area contributed by atoms with E-state index in [9.17, 15) is 14.0 Å². The number of ether oxygens (including phenoxy) is 3. The van der Waals surface area contributed by atoms with Gasteiger partial charge in [0, 0.05) is 5.56 Å². The number of para-hydroxylation sites is 1. The second-order valence-corrected chi connectivity index (χ2v) is 8.07. The molecule has 2 heterocycles. The minimum atomic E-state index is -1.07. The maximum absolute atomic E-state index is 13.7. The number of benzene rings is 3. The minimum Gasteiger partial charge on any atom is -0.493 e. The molecular weight excluding hydrogens is 455 g/mol. The van der Waals surface area contributed by atoms with E-state index < -0.39 is 35.7 Å². The van der Waals surface area contributed by atoms with Gasteiger partial charge in [-0.25, -0.2) is 14.4 Å². The van der Waals surface area contributed by atoms with E-state index in [1.54, 1.807) is 17.2 Å². The Balaban J connectivity index is 1.65. The van der Waals surface area contributed by atoms with Crippen LogP contribution in [-0.4, -0.2) is 39.2 Å². The lowest BCUT2D eigenvalue weighted by molar-refractivity contribution is -0.126. The molecule has 0 spiro atoms. The number of carbonyl (C=O) groups excluding carboxylic acids is 2. The van der Waals surface area contributed by atoms with Gasteiger partial charge in [0.2, 0.25) is 11.7 Å². The van der Waals surface area contributed by atoms with Crippen LogP contribution in [0.4, 0.5) is 15.8 Å². The average molecular weight is 478 g/mol. The van der Waals surface area contributed by atoms with Crippen molar-refractivity contribution in [1.29, 1.82) is 0 Å². The summed E-state index contributed by atoms with van der Waals surface area (Å²) in [5, 5.41) is 1.57. The Morgan fingerprint density at radius 2 is 1.46 bits per heavy atom. The Morgan fingerprint density at radius 3 is 2.09 bits per heavy atom. The van der Waals surface area contributed by atoms with E-state index in [2.05, 4.69) is 0 Å². The minimum absolute atomic E-state index is 0.281. The maximum Gasteiger partial charge on any atom is 0.266 e. The highest BCUT2D eigenvalue weighted by atomic mass is 19.1. The van der Waals surface area contributed by atoms with Crippen molar-refractivity contribution < 1.29 is 33.0 Å². The van der Waals surface area contributed by atoms with Gasteiger partial charge in [-0.1, -0.05) is 18.2 Å². The van der Waals surface area contributed by atoms with E-state index >= 15 is 0 Å². The second kappa shape index (κ2) is 8.92. The van der Waals surface area contributed by atoms with Gasteiger partial charge in [-0.3, -0.25) is 14.4 Å². The van der Waals surface area contributed by atoms with Crippen molar-refractivity contribution in [3.8, 4) is 17.2 Å². The van der Waals surface area contributed by atoms with Gasteiger partial charge in [-0.05, 0) is 48.5 Å². The van der Waals surface area contributed by atoms with Crippen LogP contribution >= 0.6 is 0 Å². The summed E-state index contributed by atoms with van der Waals surface area (Å²) in [6, 6.07) is 17.2. The number of imide groups is 1. The highest BCUT2D eigenvalue weighted by Crippen LogP contribution is 2.52. The summed E-state index contributed by atoms with van der Waals surface area (Å²) in [6.45, 7) is 0. The summed E-state index contributed by atoms with van der Waals surface area (Å²) in [5.74, 6) is -1.15. The van der Waals surface area contributed by atoms with Crippen LogP contribution in [0.15, 0.2) is 66.7 Å². The van der Waals surface area contributed by atoms with Gasteiger partial charge in [0.15, 0.2) is 17.6 Å². The second-order valence-electron chi connectivity index (χ2n) is 8.07. The summed E-state index contributed by atoms with van der Waals surface area (Å²) < 4.78 is 30.1. The smallest absolute Gasteiger partial charge is 0.266 e. The molecule has 3 aromatic rings. The van der Waals surface area contributed by atoms with Crippen LogP contribution in [0.25, 0.3) is 0 Å². The van der Waals surface area contributed by atoms with Crippen molar-refractivity contribution in [1.82, 2.24) is 0 Å². The molecule has 3 aromatic carbocycles. The van der Waals surface area contributed by atoms with E-state index in [1.807, 2.05) is 30.3 Å². The number of hydrogen-bond acceptors (Lipinski definition) is 7. The topological polar surface area (TPSA) is 77.5 Å². The van der Waals surface area contributed by atoms with Gasteiger partial charge >= 0.3 is 0 Å². The Hall–Kier alpha value is -4.11. The monoisotopic (exact) mass is 478 g/mol. The molecule has 0 aromatic heterocycles. The van der Waals surface area contributed by atoms with Crippen LogP contribution in [0.1, 0.15) is 11.6 Å². The number of halogens is 1. The fourth-order valence-corrected chi connectivity index (χ4v) is 4.73. The molecule has 0 N–H and O–H groups in total. The molecule has 35 heavy (non-hydrogen) atoms. The third-order valence-corrected chi connectivity index (χ3v) is 6.26. The first-order chi connectivity index (χ1) is 17.0. The van der Waals surface area contributed by atoms with Crippen LogP contribution in [-0.2, 0) is 14.4 Å². The van der Waals surface area contributed by atoms with Gasteiger partial charge in [-0.2, -0.15) is 0 Å². The molecule has 180 valence electrons. The molecule has 0 radical (unpaired) electrons. The van der Waals surface area contributed by atoms with Gasteiger partial charge in [0.05, 0.1) is 32.7 Å².